The second-order valence-corrected chi connectivity index (χ2v) is 17.7. The van der Waals surface area contributed by atoms with Gasteiger partial charge >= 0.3 is 36.4 Å². The molecule has 4 fully saturated rings. The highest BCUT2D eigenvalue weighted by atomic mass is 35.5. The standard InChI is InChI=1S/C41H46ClF6N5O10/c1-18-26(42)15-19(17-49-18)14-24-28(35(56)57)52(33(24)54)39(61)51-32(41(46,47)48)21-10-12-22(13-11-21)37-62-27-9-5-8-23(30(27)63-37)16-25-29(36(58)59)53(34(25)55)38(60)50-31(40(43,44)45)20-6-3-2-4-7-20/h5,8-9,15,17-18,20-22,24-26,28-29,31-32,37H,2-4,6-7,10-14,16H2,1H3,(H,50,60)(H,51,61)(H,56,57)(H,58,59). The van der Waals surface area contributed by atoms with E-state index in [1.807, 2.05) is 10.6 Å². The molecule has 0 aromatic heterocycles. The summed E-state index contributed by atoms with van der Waals surface area (Å²) in [5, 5.41) is 23.1. The van der Waals surface area contributed by atoms with Crippen molar-refractivity contribution in [3.05, 3.63) is 35.4 Å². The van der Waals surface area contributed by atoms with Crippen LogP contribution >= 0.6 is 11.6 Å². The molecule has 4 N–H and O–H groups in total. The number of carbonyl (C=O) groups excluding carboxylic acids is 4. The number of fused-ring (bicyclic) bond motifs is 1. The smallest absolute Gasteiger partial charge is 0.408 e. The number of halogens is 7. The predicted molar refractivity (Wildman–Crippen MR) is 208 cm³/mol. The van der Waals surface area contributed by atoms with E-state index >= 15 is 0 Å². The van der Waals surface area contributed by atoms with Gasteiger partial charge in [0.05, 0.1) is 23.3 Å². The average Bonchev–Trinajstić information content (AvgIpc) is 3.66. The van der Waals surface area contributed by atoms with Gasteiger partial charge in [0.1, 0.15) is 12.1 Å². The number of rotatable bonds is 11. The Balaban J connectivity index is 0.954. The zero-order valence-electron chi connectivity index (χ0n) is 33.7. The lowest BCUT2D eigenvalue weighted by Gasteiger charge is -2.44. The van der Waals surface area contributed by atoms with Crippen molar-refractivity contribution >= 4 is 53.6 Å². The van der Waals surface area contributed by atoms with Gasteiger partial charge in [0, 0.05) is 12.1 Å². The molecule has 2 saturated heterocycles. The molecular weight excluding hydrogens is 872 g/mol. The maximum atomic E-state index is 14.5. The average molecular weight is 918 g/mol. The van der Waals surface area contributed by atoms with Crippen LogP contribution in [0.2, 0.25) is 0 Å². The van der Waals surface area contributed by atoms with E-state index in [0.29, 0.717) is 24.0 Å². The molecule has 2 saturated carbocycles. The van der Waals surface area contributed by atoms with E-state index in [1.54, 1.807) is 13.0 Å². The van der Waals surface area contributed by atoms with Crippen molar-refractivity contribution in [1.29, 1.82) is 0 Å². The molecule has 6 amide bonds. The summed E-state index contributed by atoms with van der Waals surface area (Å²) in [7, 11) is 0. The number of alkyl halides is 7. The topological polar surface area (TPSA) is 204 Å². The maximum Gasteiger partial charge on any atom is 0.408 e. The minimum atomic E-state index is -4.97. The summed E-state index contributed by atoms with van der Waals surface area (Å²) in [6.45, 7) is 1.75. The fraction of sp³-hybridized carbons (Fsp3) is 0.634. The van der Waals surface area contributed by atoms with E-state index < -0.39 is 114 Å². The first-order chi connectivity index (χ1) is 29.6. The Kier molecular flexibility index (Phi) is 13.0. The lowest BCUT2D eigenvalue weighted by molar-refractivity contribution is -0.174. The summed E-state index contributed by atoms with van der Waals surface area (Å²) in [6.07, 6.45) is -5.86. The van der Waals surface area contributed by atoms with E-state index in [-0.39, 0.29) is 78.7 Å². The van der Waals surface area contributed by atoms with Crippen LogP contribution < -0.4 is 20.1 Å². The number of likely N-dealkylation sites (tertiary alicyclic amines) is 2. The number of carbonyl (C=O) groups is 6. The highest BCUT2D eigenvalue weighted by molar-refractivity contribution is 6.23. The number of hydrogen-bond acceptors (Lipinski definition) is 9. The van der Waals surface area contributed by atoms with Crippen molar-refractivity contribution in [3.63, 3.8) is 0 Å². The van der Waals surface area contributed by atoms with Crippen molar-refractivity contribution in [2.24, 2.45) is 34.6 Å². The normalized spacial score (nSPS) is 30.7. The van der Waals surface area contributed by atoms with Crippen LogP contribution in [0.4, 0.5) is 35.9 Å². The minimum Gasteiger partial charge on any atom is -0.480 e. The number of aliphatic imine (C=N–C) groups is 1. The first-order valence-corrected chi connectivity index (χ1v) is 21.3. The number of ether oxygens (including phenoxy) is 2. The largest absolute Gasteiger partial charge is 0.480 e. The van der Waals surface area contributed by atoms with Crippen LogP contribution in [0.25, 0.3) is 0 Å². The number of nitrogens with one attached hydrogen (secondary N) is 2. The lowest BCUT2D eigenvalue weighted by Crippen LogP contribution is -2.70. The molecule has 63 heavy (non-hydrogen) atoms. The molecule has 7 rings (SSSR count). The Bertz CT molecular complexity index is 2060. The monoisotopic (exact) mass is 917 g/mol. The van der Waals surface area contributed by atoms with Crippen LogP contribution in [0.15, 0.2) is 34.8 Å². The summed E-state index contributed by atoms with van der Waals surface area (Å²) in [6, 6.07) is -6.80. The van der Waals surface area contributed by atoms with Gasteiger partial charge in [-0.3, -0.25) is 14.6 Å². The number of allylic oxidation sites excluding steroid dienone is 1. The van der Waals surface area contributed by atoms with Crippen LogP contribution in [0.1, 0.15) is 76.7 Å². The maximum absolute atomic E-state index is 14.5. The number of dihydropyridines is 1. The first kappa shape index (κ1) is 45.9. The van der Waals surface area contributed by atoms with Crippen molar-refractivity contribution in [1.82, 2.24) is 20.4 Å². The molecule has 4 heterocycles. The van der Waals surface area contributed by atoms with Gasteiger partial charge in [-0.2, -0.15) is 26.3 Å². The first-order valence-electron chi connectivity index (χ1n) is 20.8. The number of β-lactam (4-membered cyclic amide) rings is 2. The number of benzene rings is 1. The minimum absolute atomic E-state index is 0.0866. The van der Waals surface area contributed by atoms with Gasteiger partial charge in [-0.15, -0.1) is 11.6 Å². The van der Waals surface area contributed by atoms with Gasteiger partial charge in [-0.05, 0) is 87.3 Å². The second kappa shape index (κ2) is 17.8. The number of para-hydroxylation sites is 1. The molecule has 6 aliphatic rings. The molecule has 0 bridgehead atoms. The van der Waals surface area contributed by atoms with Crippen molar-refractivity contribution < 1.29 is 74.8 Å². The number of carboxylic acid groups (broad SMARTS) is 2. The molecule has 1 aromatic rings. The molecule has 4 aliphatic heterocycles. The quantitative estimate of drug-likeness (QED) is 0.112. The van der Waals surface area contributed by atoms with Crippen molar-refractivity contribution in [2.45, 2.75) is 132 Å². The summed E-state index contributed by atoms with van der Waals surface area (Å²) in [5.41, 5.74) is 0.760. The van der Waals surface area contributed by atoms with Gasteiger partial charge in [0.15, 0.2) is 23.6 Å². The van der Waals surface area contributed by atoms with E-state index in [2.05, 4.69) is 4.99 Å². The summed E-state index contributed by atoms with van der Waals surface area (Å²) in [5.74, 6) is -9.92. The predicted octanol–water partition coefficient (Wildman–Crippen LogP) is 6.21. The third kappa shape index (κ3) is 9.29. The number of amides is 6. The van der Waals surface area contributed by atoms with Gasteiger partial charge in [-0.25, -0.2) is 29.0 Å². The molecule has 22 heteroatoms. The molecule has 9 unspecified atom stereocenters. The number of imide groups is 2. The molecule has 2 aliphatic carbocycles. The fourth-order valence-electron chi connectivity index (χ4n) is 9.77. The van der Waals surface area contributed by atoms with E-state index in [4.69, 9.17) is 21.1 Å². The number of carboxylic acids is 2. The summed E-state index contributed by atoms with van der Waals surface area (Å²) in [4.78, 5) is 81.8. The van der Waals surface area contributed by atoms with Crippen LogP contribution in [0, 0.1) is 29.6 Å². The van der Waals surface area contributed by atoms with Crippen molar-refractivity contribution in [3.8, 4) is 11.5 Å². The molecule has 0 spiro atoms. The van der Waals surface area contributed by atoms with Crippen molar-refractivity contribution in [2.75, 3.05) is 0 Å². The van der Waals surface area contributed by atoms with E-state index in [0.717, 1.165) is 6.42 Å². The van der Waals surface area contributed by atoms with E-state index in [1.165, 1.54) is 24.4 Å². The molecule has 0 radical (unpaired) electrons. The number of nitrogens with zero attached hydrogens (tertiary/aromatic N) is 3. The van der Waals surface area contributed by atoms with E-state index in [9.17, 15) is 65.3 Å². The molecule has 9 atom stereocenters. The van der Waals surface area contributed by atoms with Crippen LogP contribution in [0.5, 0.6) is 11.5 Å². The Hall–Kier alpha value is -5.08. The zero-order valence-corrected chi connectivity index (χ0v) is 34.5. The Labute approximate surface area is 361 Å². The fourth-order valence-corrected chi connectivity index (χ4v) is 10.00. The third-order valence-electron chi connectivity index (χ3n) is 13.2. The van der Waals surface area contributed by atoms with Gasteiger partial charge in [0.25, 0.3) is 0 Å². The summed E-state index contributed by atoms with van der Waals surface area (Å²) >= 11 is 6.21. The lowest BCUT2D eigenvalue weighted by atomic mass is 9.77. The number of hydrogen-bond donors (Lipinski definition) is 4. The van der Waals surface area contributed by atoms with Gasteiger partial charge in [-0.1, -0.05) is 37.5 Å². The highest BCUT2D eigenvalue weighted by Crippen LogP contribution is 2.46. The molecule has 15 nitrogen and oxygen atoms in total. The Morgan fingerprint density at radius 1 is 0.794 bits per heavy atom. The second-order valence-electron chi connectivity index (χ2n) is 17.2. The van der Waals surface area contributed by atoms with Crippen LogP contribution in [0.3, 0.4) is 0 Å². The number of aliphatic carboxylic acids is 2. The molecule has 1 aromatic carbocycles. The summed E-state index contributed by atoms with van der Waals surface area (Å²) < 4.78 is 97.7. The Morgan fingerprint density at radius 2 is 1.32 bits per heavy atom. The van der Waals surface area contributed by atoms with Gasteiger partial charge in [0.2, 0.25) is 18.1 Å². The number of urea groups is 2. The zero-order chi connectivity index (χ0) is 45.7. The molecular formula is C41H46ClF6N5O10. The van der Waals surface area contributed by atoms with Crippen LogP contribution in [-0.2, 0) is 25.6 Å². The highest BCUT2D eigenvalue weighted by Gasteiger charge is 2.58. The SMILES string of the molecule is CC1N=CC(CC2C(=O)N(C(=O)NC(C3CCC(C4Oc5cccc(CC6C(=O)N(C(=O)NC(C7CCCCC7)C(F)(F)F)C6C(=O)O)c5O4)CC3)C(F)(F)F)C2C(=O)O)=CC1Cl. The van der Waals surface area contributed by atoms with Crippen LogP contribution in [-0.4, -0.2) is 116 Å². The van der Waals surface area contributed by atoms with Gasteiger partial charge < -0.3 is 30.3 Å². The Morgan fingerprint density at radius 3 is 1.83 bits per heavy atom. The third-order valence-corrected chi connectivity index (χ3v) is 13.7. The molecule has 344 valence electrons.